The number of carbonyl (C=O) groups excluding carboxylic acids is 1. The average Bonchev–Trinajstić information content (AvgIpc) is 3.46. The molecule has 5 rings (SSSR count). The number of H-pyrrole nitrogens is 1. The smallest absolute Gasteiger partial charge is 0.276 e. The quantitative estimate of drug-likeness (QED) is 0.539. The first-order chi connectivity index (χ1) is 15.5. The molecule has 1 aliphatic rings. The maximum atomic E-state index is 13.2. The molecule has 0 spiro atoms. The number of likely N-dealkylation sites (tertiary alicyclic amines) is 1. The molecule has 1 fully saturated rings. The Labute approximate surface area is 183 Å². The molecular weight excluding hydrogens is 406 g/mol. The Morgan fingerprint density at radius 2 is 1.91 bits per heavy atom. The Morgan fingerprint density at radius 1 is 1.16 bits per heavy atom. The molecule has 32 heavy (non-hydrogen) atoms. The van der Waals surface area contributed by atoms with E-state index in [-0.39, 0.29) is 17.4 Å². The van der Waals surface area contributed by atoms with Gasteiger partial charge in [0.2, 0.25) is 5.95 Å². The van der Waals surface area contributed by atoms with Crippen molar-refractivity contribution in [2.24, 2.45) is 0 Å². The van der Waals surface area contributed by atoms with Gasteiger partial charge in [-0.05, 0) is 37.5 Å². The van der Waals surface area contributed by atoms with Crippen molar-refractivity contribution in [3.8, 4) is 12.0 Å². The third kappa shape index (κ3) is 3.08. The van der Waals surface area contributed by atoms with Crippen molar-refractivity contribution < 1.29 is 4.79 Å². The summed E-state index contributed by atoms with van der Waals surface area (Å²) in [5, 5.41) is 18.6. The van der Waals surface area contributed by atoms with E-state index in [4.69, 9.17) is 0 Å². The lowest BCUT2D eigenvalue weighted by atomic mass is 9.74. The fraction of sp³-hybridized carbons (Fsp3) is 0.261. The maximum absolute atomic E-state index is 13.2. The summed E-state index contributed by atoms with van der Waals surface area (Å²) in [4.78, 5) is 30.0. The van der Waals surface area contributed by atoms with Crippen molar-refractivity contribution in [3.05, 3.63) is 82.0 Å². The number of benzene rings is 1. The number of aromatic amines is 1. The minimum atomic E-state index is -0.577. The molecule has 0 bridgehead atoms. The largest absolute Gasteiger partial charge is 0.338 e. The summed E-state index contributed by atoms with van der Waals surface area (Å²) >= 11 is 0. The Bertz CT molecular complexity index is 1400. The Hall–Kier alpha value is -4.19. The summed E-state index contributed by atoms with van der Waals surface area (Å²) < 4.78 is 2.94. The van der Waals surface area contributed by atoms with Gasteiger partial charge >= 0.3 is 0 Å². The minimum absolute atomic E-state index is 0.141. The van der Waals surface area contributed by atoms with Crippen LogP contribution in [0.2, 0.25) is 0 Å². The molecule has 0 saturated carbocycles. The van der Waals surface area contributed by atoms with Gasteiger partial charge in [0.15, 0.2) is 0 Å². The molecule has 1 N–H and O–H groups in total. The number of rotatable bonds is 3. The molecule has 1 saturated heterocycles. The lowest BCUT2D eigenvalue weighted by molar-refractivity contribution is 0.0691. The van der Waals surface area contributed by atoms with Crippen LogP contribution in [0.3, 0.4) is 0 Å². The topological polar surface area (TPSA) is 112 Å². The van der Waals surface area contributed by atoms with Crippen LogP contribution < -0.4 is 5.56 Å². The van der Waals surface area contributed by atoms with Gasteiger partial charge < -0.3 is 4.90 Å². The second kappa shape index (κ2) is 7.50. The monoisotopic (exact) mass is 427 g/mol. The van der Waals surface area contributed by atoms with Crippen LogP contribution in [-0.2, 0) is 5.41 Å². The summed E-state index contributed by atoms with van der Waals surface area (Å²) in [6.45, 7) is 2.74. The van der Waals surface area contributed by atoms with Crippen LogP contribution in [0.15, 0.2) is 59.7 Å². The number of fused-ring (bicyclic) bond motifs is 1. The van der Waals surface area contributed by atoms with E-state index < -0.39 is 5.41 Å². The van der Waals surface area contributed by atoms with Crippen LogP contribution in [0.25, 0.3) is 11.5 Å². The standard InChI is InChI=1S/C23H21N7O2/c1-16-18(14-25-30(16)22-26-20(31)19-8-5-11-29(19)27-22)21(32)28-12-9-23(15-24,10-13-28)17-6-3-2-4-7-17/h2-8,11,14H,9-10,12-13H2,1H3,(H,26,27,31). The third-order valence-electron chi connectivity index (χ3n) is 6.27. The molecule has 3 aromatic heterocycles. The van der Waals surface area contributed by atoms with Gasteiger partial charge in [0.25, 0.3) is 11.5 Å². The van der Waals surface area contributed by atoms with E-state index in [9.17, 15) is 14.9 Å². The van der Waals surface area contributed by atoms with Crippen molar-refractivity contribution in [1.29, 1.82) is 5.26 Å². The summed E-state index contributed by atoms with van der Waals surface area (Å²) in [7, 11) is 0. The fourth-order valence-corrected chi connectivity index (χ4v) is 4.34. The van der Waals surface area contributed by atoms with Gasteiger partial charge in [-0.2, -0.15) is 10.4 Å². The lowest BCUT2D eigenvalue weighted by Gasteiger charge is -2.37. The van der Waals surface area contributed by atoms with E-state index in [1.807, 2.05) is 30.3 Å². The Balaban J connectivity index is 1.39. The van der Waals surface area contributed by atoms with E-state index in [2.05, 4.69) is 21.3 Å². The Kier molecular flexibility index (Phi) is 4.63. The normalized spacial score (nSPS) is 15.6. The highest BCUT2D eigenvalue weighted by Gasteiger charge is 2.38. The van der Waals surface area contributed by atoms with Gasteiger partial charge in [-0.15, -0.1) is 5.10 Å². The van der Waals surface area contributed by atoms with Gasteiger partial charge in [0.05, 0.1) is 28.9 Å². The highest BCUT2D eigenvalue weighted by molar-refractivity contribution is 5.95. The predicted molar refractivity (Wildman–Crippen MR) is 117 cm³/mol. The van der Waals surface area contributed by atoms with E-state index in [0.717, 1.165) is 5.56 Å². The molecule has 9 heteroatoms. The highest BCUT2D eigenvalue weighted by Crippen LogP contribution is 2.35. The number of nitrogens with zero attached hydrogens (tertiary/aromatic N) is 6. The SMILES string of the molecule is Cc1c(C(=O)N2CCC(C#N)(c3ccccc3)CC2)cnn1-c1nn2cccc2c(=O)[nH]1. The number of carbonyl (C=O) groups is 1. The van der Waals surface area contributed by atoms with Crippen molar-refractivity contribution in [3.63, 3.8) is 0 Å². The number of aromatic nitrogens is 5. The molecule has 1 aromatic carbocycles. The molecule has 1 aliphatic heterocycles. The molecule has 0 radical (unpaired) electrons. The minimum Gasteiger partial charge on any atom is -0.338 e. The van der Waals surface area contributed by atoms with Crippen molar-refractivity contribution >= 4 is 11.4 Å². The molecule has 0 aliphatic carbocycles. The van der Waals surface area contributed by atoms with Crippen LogP contribution in [0.1, 0.15) is 34.5 Å². The second-order valence-corrected chi connectivity index (χ2v) is 8.02. The van der Waals surface area contributed by atoms with Gasteiger partial charge in [-0.3, -0.25) is 14.6 Å². The van der Waals surface area contributed by atoms with Crippen molar-refractivity contribution in [2.75, 3.05) is 13.1 Å². The molecule has 1 amide bonds. The molecule has 160 valence electrons. The fourth-order valence-electron chi connectivity index (χ4n) is 4.34. The Morgan fingerprint density at radius 3 is 2.62 bits per heavy atom. The van der Waals surface area contributed by atoms with Crippen LogP contribution >= 0.6 is 0 Å². The number of nitrogens with one attached hydrogen (secondary N) is 1. The van der Waals surface area contributed by atoms with Crippen LogP contribution in [0.4, 0.5) is 0 Å². The zero-order chi connectivity index (χ0) is 22.3. The average molecular weight is 427 g/mol. The number of hydrogen-bond acceptors (Lipinski definition) is 5. The van der Waals surface area contributed by atoms with Crippen LogP contribution in [0, 0.1) is 18.3 Å². The highest BCUT2D eigenvalue weighted by atomic mass is 16.2. The maximum Gasteiger partial charge on any atom is 0.276 e. The molecule has 4 aromatic rings. The zero-order valence-corrected chi connectivity index (χ0v) is 17.5. The van der Waals surface area contributed by atoms with E-state index in [0.29, 0.717) is 42.7 Å². The third-order valence-corrected chi connectivity index (χ3v) is 6.27. The zero-order valence-electron chi connectivity index (χ0n) is 17.5. The van der Waals surface area contributed by atoms with Crippen molar-refractivity contribution in [1.82, 2.24) is 29.3 Å². The van der Waals surface area contributed by atoms with Gasteiger partial charge in [-0.1, -0.05) is 30.3 Å². The second-order valence-electron chi connectivity index (χ2n) is 8.02. The summed E-state index contributed by atoms with van der Waals surface area (Å²) in [6, 6.07) is 15.7. The van der Waals surface area contributed by atoms with Gasteiger partial charge in [0, 0.05) is 19.3 Å². The van der Waals surface area contributed by atoms with Gasteiger partial charge in [0.1, 0.15) is 5.52 Å². The first kappa shape index (κ1) is 19.8. The number of hydrogen-bond donors (Lipinski definition) is 1. The molecular formula is C23H21N7O2. The first-order valence-electron chi connectivity index (χ1n) is 10.4. The van der Waals surface area contributed by atoms with Crippen LogP contribution in [0.5, 0.6) is 0 Å². The lowest BCUT2D eigenvalue weighted by Crippen LogP contribution is -2.44. The predicted octanol–water partition coefficient (Wildman–Crippen LogP) is 2.21. The van der Waals surface area contributed by atoms with E-state index in [1.54, 1.807) is 30.2 Å². The molecule has 0 unspecified atom stereocenters. The van der Waals surface area contributed by atoms with Crippen molar-refractivity contribution in [2.45, 2.75) is 25.2 Å². The number of piperidine rings is 1. The van der Waals surface area contributed by atoms with Gasteiger partial charge in [-0.25, -0.2) is 9.20 Å². The van der Waals surface area contributed by atoms with Crippen LogP contribution in [-0.4, -0.2) is 48.3 Å². The molecule has 9 nitrogen and oxygen atoms in total. The van der Waals surface area contributed by atoms with E-state index in [1.165, 1.54) is 15.4 Å². The summed E-state index contributed by atoms with van der Waals surface area (Å²) in [5.41, 5.74) is 1.60. The number of nitriles is 1. The molecule has 0 atom stereocenters. The molecule has 4 heterocycles. The van der Waals surface area contributed by atoms with E-state index >= 15 is 0 Å². The first-order valence-corrected chi connectivity index (χ1v) is 10.4. The summed E-state index contributed by atoms with van der Waals surface area (Å²) in [5.74, 6) is 0.0965. The number of amides is 1. The summed E-state index contributed by atoms with van der Waals surface area (Å²) in [6.07, 6.45) is 4.33.